The van der Waals surface area contributed by atoms with Gasteiger partial charge in [0.15, 0.2) is 0 Å². The first-order chi connectivity index (χ1) is 10.2. The summed E-state index contributed by atoms with van der Waals surface area (Å²) in [4.78, 5) is 0. The summed E-state index contributed by atoms with van der Waals surface area (Å²) in [5, 5.41) is 3.60. The molecule has 0 fully saturated rings. The van der Waals surface area contributed by atoms with Crippen LogP contribution in [0.15, 0.2) is 48.5 Å². The molecule has 2 aromatic carbocycles. The van der Waals surface area contributed by atoms with Crippen molar-refractivity contribution in [3.8, 4) is 11.5 Å². The highest BCUT2D eigenvalue weighted by atomic mass is 16.5. The third-order valence-electron chi connectivity index (χ3n) is 3.70. The van der Waals surface area contributed by atoms with Crippen molar-refractivity contribution < 1.29 is 9.47 Å². The van der Waals surface area contributed by atoms with E-state index in [0.29, 0.717) is 0 Å². The number of nitrogens with one attached hydrogen (secondary N) is 1. The van der Waals surface area contributed by atoms with Crippen molar-refractivity contribution in [2.75, 3.05) is 14.2 Å². The van der Waals surface area contributed by atoms with E-state index >= 15 is 0 Å². The monoisotopic (exact) mass is 285 g/mol. The summed E-state index contributed by atoms with van der Waals surface area (Å²) in [5.74, 6) is 1.68. The summed E-state index contributed by atoms with van der Waals surface area (Å²) >= 11 is 0. The smallest absolute Gasteiger partial charge is 0.127 e. The van der Waals surface area contributed by atoms with E-state index in [4.69, 9.17) is 9.47 Å². The van der Waals surface area contributed by atoms with Crippen LogP contribution in [-0.4, -0.2) is 14.2 Å². The fourth-order valence-electron chi connectivity index (χ4n) is 2.60. The van der Waals surface area contributed by atoms with Crippen LogP contribution in [0.5, 0.6) is 11.5 Å². The Kier molecular flexibility index (Phi) is 5.23. The van der Waals surface area contributed by atoms with Gasteiger partial charge in [-0.15, -0.1) is 0 Å². The molecule has 0 spiro atoms. The molecule has 0 saturated carbocycles. The Bertz CT molecular complexity index is 546. The first kappa shape index (κ1) is 15.4. The second-order valence-corrected chi connectivity index (χ2v) is 5.10. The van der Waals surface area contributed by atoms with Gasteiger partial charge < -0.3 is 14.8 Å². The van der Waals surface area contributed by atoms with Gasteiger partial charge in [0, 0.05) is 12.1 Å². The highest BCUT2D eigenvalue weighted by Gasteiger charge is 2.18. The summed E-state index contributed by atoms with van der Waals surface area (Å²) < 4.78 is 11.0. The molecule has 0 bridgehead atoms. The first-order valence-corrected chi connectivity index (χ1v) is 7.19. The fraction of sp³-hybridized carbons (Fsp3) is 0.333. The van der Waals surface area contributed by atoms with Gasteiger partial charge in [-0.3, -0.25) is 0 Å². The molecule has 3 heteroatoms. The molecule has 0 radical (unpaired) electrons. The molecule has 2 atom stereocenters. The highest BCUT2D eigenvalue weighted by molar-refractivity contribution is 5.46. The van der Waals surface area contributed by atoms with Crippen molar-refractivity contribution >= 4 is 0 Å². The van der Waals surface area contributed by atoms with E-state index in [1.54, 1.807) is 14.2 Å². The molecular formula is C18H23NO2. The second kappa shape index (κ2) is 7.14. The molecule has 0 amide bonds. The molecule has 21 heavy (non-hydrogen) atoms. The third-order valence-corrected chi connectivity index (χ3v) is 3.70. The lowest BCUT2D eigenvalue weighted by Gasteiger charge is -2.24. The summed E-state index contributed by atoms with van der Waals surface area (Å²) in [6, 6.07) is 16.6. The Morgan fingerprint density at radius 3 is 1.86 bits per heavy atom. The lowest BCUT2D eigenvalue weighted by atomic mass is 10.0. The van der Waals surface area contributed by atoms with Crippen LogP contribution in [0, 0.1) is 0 Å². The predicted molar refractivity (Wildman–Crippen MR) is 86.0 cm³/mol. The van der Waals surface area contributed by atoms with Gasteiger partial charge in [-0.2, -0.15) is 0 Å². The molecule has 0 heterocycles. The molecule has 0 aliphatic carbocycles. The van der Waals surface area contributed by atoms with Gasteiger partial charge in [-0.1, -0.05) is 36.4 Å². The third kappa shape index (κ3) is 3.56. The maximum Gasteiger partial charge on any atom is 0.127 e. The lowest BCUT2D eigenvalue weighted by molar-refractivity contribution is 0.368. The highest BCUT2D eigenvalue weighted by Crippen LogP contribution is 2.34. The maximum absolute atomic E-state index is 5.48. The molecule has 0 saturated heterocycles. The molecule has 0 unspecified atom stereocenters. The minimum Gasteiger partial charge on any atom is -0.496 e. The van der Waals surface area contributed by atoms with E-state index < -0.39 is 0 Å². The normalized spacial score (nSPS) is 13.5. The molecule has 0 aliphatic heterocycles. The Morgan fingerprint density at radius 1 is 0.762 bits per heavy atom. The summed E-state index contributed by atoms with van der Waals surface area (Å²) in [5.41, 5.74) is 2.31. The summed E-state index contributed by atoms with van der Waals surface area (Å²) in [7, 11) is 3.37. The topological polar surface area (TPSA) is 30.5 Å². The minimum atomic E-state index is 0.117. The lowest BCUT2D eigenvalue weighted by Crippen LogP contribution is -2.23. The largest absolute Gasteiger partial charge is 0.496 e. The Labute approximate surface area is 126 Å². The van der Waals surface area contributed by atoms with Crippen LogP contribution in [0.25, 0.3) is 0 Å². The zero-order valence-electron chi connectivity index (χ0n) is 13.1. The molecule has 0 aliphatic rings. The van der Waals surface area contributed by atoms with Crippen molar-refractivity contribution in [1.29, 1.82) is 0 Å². The van der Waals surface area contributed by atoms with E-state index in [2.05, 4.69) is 43.4 Å². The Hall–Kier alpha value is -2.00. The summed E-state index contributed by atoms with van der Waals surface area (Å²) in [6.45, 7) is 4.29. The summed E-state index contributed by atoms with van der Waals surface area (Å²) in [6.07, 6.45) is 0. The van der Waals surface area contributed by atoms with Crippen molar-refractivity contribution in [2.24, 2.45) is 0 Å². The molecule has 3 nitrogen and oxygen atoms in total. The maximum atomic E-state index is 5.48. The SMILES string of the molecule is COc1cccc(OC)c1[C@H](C)N[C@@H](C)c1ccccc1. The number of ether oxygens (including phenoxy) is 2. The number of benzene rings is 2. The average Bonchev–Trinajstić information content (AvgIpc) is 2.54. The van der Waals surface area contributed by atoms with Crippen molar-refractivity contribution in [3.63, 3.8) is 0 Å². The standard InChI is InChI=1S/C18H23NO2/c1-13(15-9-6-5-7-10-15)19-14(2)18-16(20-3)11-8-12-17(18)21-4/h5-14,19H,1-4H3/t13-,14-/m0/s1. The van der Waals surface area contributed by atoms with Gasteiger partial charge in [0.25, 0.3) is 0 Å². The van der Waals surface area contributed by atoms with Crippen molar-refractivity contribution in [1.82, 2.24) is 5.32 Å². The van der Waals surface area contributed by atoms with Gasteiger partial charge in [0.2, 0.25) is 0 Å². The molecular weight excluding hydrogens is 262 g/mol. The van der Waals surface area contributed by atoms with Gasteiger partial charge in [0.1, 0.15) is 11.5 Å². The van der Waals surface area contributed by atoms with Crippen molar-refractivity contribution in [3.05, 3.63) is 59.7 Å². The van der Waals surface area contributed by atoms with E-state index in [1.807, 2.05) is 24.3 Å². The van der Waals surface area contributed by atoms with Crippen LogP contribution in [0.3, 0.4) is 0 Å². The van der Waals surface area contributed by atoms with Gasteiger partial charge in [0.05, 0.1) is 19.8 Å². The van der Waals surface area contributed by atoms with Crippen LogP contribution in [0.2, 0.25) is 0 Å². The van der Waals surface area contributed by atoms with E-state index in [1.165, 1.54) is 5.56 Å². The van der Waals surface area contributed by atoms with Crippen LogP contribution in [0.4, 0.5) is 0 Å². The Balaban J connectivity index is 2.22. The van der Waals surface area contributed by atoms with E-state index in [0.717, 1.165) is 17.1 Å². The van der Waals surface area contributed by atoms with E-state index in [9.17, 15) is 0 Å². The molecule has 0 aromatic heterocycles. The van der Waals surface area contributed by atoms with Gasteiger partial charge >= 0.3 is 0 Å². The second-order valence-electron chi connectivity index (χ2n) is 5.10. The van der Waals surface area contributed by atoms with Gasteiger partial charge in [-0.25, -0.2) is 0 Å². The van der Waals surface area contributed by atoms with E-state index in [-0.39, 0.29) is 12.1 Å². The molecule has 2 aromatic rings. The van der Waals surface area contributed by atoms with Crippen LogP contribution in [0.1, 0.15) is 37.1 Å². The first-order valence-electron chi connectivity index (χ1n) is 7.19. The molecule has 1 N–H and O–H groups in total. The Morgan fingerprint density at radius 2 is 1.33 bits per heavy atom. The minimum absolute atomic E-state index is 0.117. The number of hydrogen-bond donors (Lipinski definition) is 1. The van der Waals surface area contributed by atoms with Crippen molar-refractivity contribution in [2.45, 2.75) is 25.9 Å². The zero-order chi connectivity index (χ0) is 15.2. The average molecular weight is 285 g/mol. The van der Waals surface area contributed by atoms with Crippen LogP contribution >= 0.6 is 0 Å². The number of methoxy groups -OCH3 is 2. The number of hydrogen-bond acceptors (Lipinski definition) is 3. The fourth-order valence-corrected chi connectivity index (χ4v) is 2.60. The predicted octanol–water partition coefficient (Wildman–Crippen LogP) is 4.12. The van der Waals surface area contributed by atoms with Gasteiger partial charge in [-0.05, 0) is 31.5 Å². The molecule has 2 rings (SSSR count). The quantitative estimate of drug-likeness (QED) is 0.866. The van der Waals surface area contributed by atoms with Crippen LogP contribution in [-0.2, 0) is 0 Å². The molecule has 112 valence electrons. The number of rotatable bonds is 6. The van der Waals surface area contributed by atoms with Crippen LogP contribution < -0.4 is 14.8 Å². The zero-order valence-corrected chi connectivity index (χ0v) is 13.1.